The fourth-order valence-corrected chi connectivity index (χ4v) is 1.11. The number of anilines is 3. The van der Waals surface area contributed by atoms with Gasteiger partial charge in [-0.05, 0) is 12.1 Å². The molecule has 2 aromatic heterocycles. The van der Waals surface area contributed by atoms with Crippen molar-refractivity contribution in [3.8, 4) is 0 Å². The zero-order chi connectivity index (χ0) is 9.80. The highest BCUT2D eigenvalue weighted by molar-refractivity contribution is 5.55. The summed E-state index contributed by atoms with van der Waals surface area (Å²) in [5.74, 6) is 2.45. The van der Waals surface area contributed by atoms with E-state index in [4.69, 9.17) is 0 Å². The molecule has 0 radical (unpaired) electrons. The van der Waals surface area contributed by atoms with Crippen LogP contribution in [0.2, 0.25) is 0 Å². The highest BCUT2D eigenvalue weighted by atomic mass is 15.1. The third kappa shape index (κ3) is 1.82. The highest BCUT2D eigenvalue weighted by Crippen LogP contribution is 2.13. The van der Waals surface area contributed by atoms with Crippen LogP contribution in [-0.2, 0) is 0 Å². The minimum Gasteiger partial charge on any atom is -0.373 e. The first kappa shape index (κ1) is 8.55. The van der Waals surface area contributed by atoms with Gasteiger partial charge in [0, 0.05) is 19.3 Å². The van der Waals surface area contributed by atoms with Crippen LogP contribution in [0.5, 0.6) is 0 Å². The molecule has 0 bridgehead atoms. The molecular formula is C9H11N5. The van der Waals surface area contributed by atoms with Gasteiger partial charge in [-0.1, -0.05) is 0 Å². The lowest BCUT2D eigenvalue weighted by atomic mass is 10.5. The summed E-state index contributed by atoms with van der Waals surface area (Å²) in [6.45, 7) is 0. The van der Waals surface area contributed by atoms with Crippen molar-refractivity contribution in [2.24, 2.45) is 0 Å². The lowest BCUT2D eigenvalue weighted by Crippen LogP contribution is -1.97. The second kappa shape index (κ2) is 3.78. The zero-order valence-corrected chi connectivity index (χ0v) is 7.78. The Kier molecular flexibility index (Phi) is 2.31. The highest BCUT2D eigenvalue weighted by Gasteiger charge is 1.97. The van der Waals surface area contributed by atoms with Crippen molar-refractivity contribution in [2.75, 3.05) is 17.7 Å². The zero-order valence-electron chi connectivity index (χ0n) is 7.78. The van der Waals surface area contributed by atoms with Gasteiger partial charge in [0.2, 0.25) is 0 Å². The summed E-state index contributed by atoms with van der Waals surface area (Å²) in [5, 5.41) is 6.06. The van der Waals surface area contributed by atoms with Gasteiger partial charge in [0.1, 0.15) is 23.8 Å². The Balaban J connectivity index is 2.17. The van der Waals surface area contributed by atoms with Crippen molar-refractivity contribution in [2.45, 2.75) is 0 Å². The Labute approximate surface area is 81.6 Å². The molecule has 72 valence electrons. The average molecular weight is 189 g/mol. The van der Waals surface area contributed by atoms with E-state index in [1.165, 1.54) is 6.33 Å². The largest absolute Gasteiger partial charge is 0.373 e. The minimum absolute atomic E-state index is 0.756. The predicted octanol–water partition coefficient (Wildman–Crippen LogP) is 1.59. The third-order valence-electron chi connectivity index (χ3n) is 1.78. The van der Waals surface area contributed by atoms with Gasteiger partial charge >= 0.3 is 0 Å². The van der Waals surface area contributed by atoms with Crippen LogP contribution in [0.3, 0.4) is 0 Å². The molecule has 0 aromatic carbocycles. The first-order valence-electron chi connectivity index (χ1n) is 4.28. The van der Waals surface area contributed by atoms with Gasteiger partial charge in [-0.2, -0.15) is 0 Å². The molecule has 0 saturated heterocycles. The summed E-state index contributed by atoms with van der Waals surface area (Å²) in [6.07, 6.45) is 3.36. The Bertz CT molecular complexity index is 395. The van der Waals surface area contributed by atoms with Crippen molar-refractivity contribution in [1.82, 2.24) is 15.0 Å². The van der Waals surface area contributed by atoms with E-state index in [9.17, 15) is 0 Å². The average Bonchev–Trinajstić information content (AvgIpc) is 2.71. The molecule has 14 heavy (non-hydrogen) atoms. The normalized spacial score (nSPS) is 9.79. The molecule has 0 spiro atoms. The molecule has 0 unspecified atom stereocenters. The van der Waals surface area contributed by atoms with Crippen molar-refractivity contribution in [3.05, 3.63) is 30.7 Å². The van der Waals surface area contributed by atoms with E-state index in [2.05, 4.69) is 25.6 Å². The maximum atomic E-state index is 4.08. The topological polar surface area (TPSA) is 65.6 Å². The molecule has 2 heterocycles. The van der Waals surface area contributed by atoms with E-state index in [0.29, 0.717) is 0 Å². The summed E-state index contributed by atoms with van der Waals surface area (Å²) in [4.78, 5) is 11.1. The standard InChI is InChI=1S/C9H11N5/c1-10-8-5-9(13-6-12-8)14-7-3-2-4-11-7/h2-6,11H,1H3,(H2,10,12,13,14). The van der Waals surface area contributed by atoms with Gasteiger partial charge in [-0.3, -0.25) is 0 Å². The number of hydrogen-bond acceptors (Lipinski definition) is 4. The lowest BCUT2D eigenvalue weighted by molar-refractivity contribution is 1.15. The van der Waals surface area contributed by atoms with Gasteiger partial charge in [-0.15, -0.1) is 0 Å². The van der Waals surface area contributed by atoms with Crippen LogP contribution in [0.4, 0.5) is 17.5 Å². The fourth-order valence-electron chi connectivity index (χ4n) is 1.11. The quantitative estimate of drug-likeness (QED) is 0.686. The van der Waals surface area contributed by atoms with E-state index < -0.39 is 0 Å². The number of rotatable bonds is 3. The molecule has 0 amide bonds. The van der Waals surface area contributed by atoms with Crippen LogP contribution in [0.1, 0.15) is 0 Å². The number of hydrogen-bond donors (Lipinski definition) is 3. The molecule has 0 saturated carbocycles. The monoisotopic (exact) mass is 189 g/mol. The lowest BCUT2D eigenvalue weighted by Gasteiger charge is -2.03. The molecule has 0 aliphatic carbocycles. The Morgan fingerprint density at radius 2 is 2.14 bits per heavy atom. The van der Waals surface area contributed by atoms with Crippen LogP contribution in [0.25, 0.3) is 0 Å². The number of H-pyrrole nitrogens is 1. The smallest absolute Gasteiger partial charge is 0.136 e. The van der Waals surface area contributed by atoms with Crippen LogP contribution >= 0.6 is 0 Å². The molecule has 0 fully saturated rings. The molecule has 5 heteroatoms. The summed E-state index contributed by atoms with van der Waals surface area (Å²) in [7, 11) is 1.82. The summed E-state index contributed by atoms with van der Waals surface area (Å²) in [6, 6.07) is 5.69. The minimum atomic E-state index is 0.756. The predicted molar refractivity (Wildman–Crippen MR) is 55.7 cm³/mol. The van der Waals surface area contributed by atoms with Crippen molar-refractivity contribution >= 4 is 17.5 Å². The van der Waals surface area contributed by atoms with Gasteiger partial charge in [0.25, 0.3) is 0 Å². The van der Waals surface area contributed by atoms with Crippen LogP contribution < -0.4 is 10.6 Å². The molecule has 2 rings (SSSR count). The van der Waals surface area contributed by atoms with E-state index in [1.54, 1.807) is 0 Å². The van der Waals surface area contributed by atoms with Crippen molar-refractivity contribution in [3.63, 3.8) is 0 Å². The number of aromatic nitrogens is 3. The Hall–Kier alpha value is -2.04. The van der Waals surface area contributed by atoms with Gasteiger partial charge < -0.3 is 15.6 Å². The SMILES string of the molecule is CNc1cc(Nc2ccc[nH]2)ncn1. The summed E-state index contributed by atoms with van der Waals surface area (Å²) in [5.41, 5.74) is 0. The van der Waals surface area contributed by atoms with E-state index in [1.807, 2.05) is 31.4 Å². The van der Waals surface area contributed by atoms with Crippen LogP contribution in [0, 0.1) is 0 Å². The first-order chi connectivity index (χ1) is 6.88. The molecule has 0 aliphatic heterocycles. The fraction of sp³-hybridized carbons (Fsp3) is 0.111. The maximum absolute atomic E-state index is 4.08. The Morgan fingerprint density at radius 1 is 1.29 bits per heavy atom. The van der Waals surface area contributed by atoms with Crippen molar-refractivity contribution < 1.29 is 0 Å². The van der Waals surface area contributed by atoms with Gasteiger partial charge in [0.05, 0.1) is 0 Å². The number of nitrogens with one attached hydrogen (secondary N) is 3. The first-order valence-corrected chi connectivity index (χ1v) is 4.28. The maximum Gasteiger partial charge on any atom is 0.136 e. The van der Waals surface area contributed by atoms with E-state index >= 15 is 0 Å². The molecule has 0 aliphatic rings. The van der Waals surface area contributed by atoms with E-state index in [-0.39, 0.29) is 0 Å². The van der Waals surface area contributed by atoms with Crippen LogP contribution in [-0.4, -0.2) is 22.0 Å². The number of nitrogens with zero attached hydrogens (tertiary/aromatic N) is 2. The molecule has 2 aromatic rings. The van der Waals surface area contributed by atoms with Gasteiger partial charge in [0.15, 0.2) is 0 Å². The summed E-state index contributed by atoms with van der Waals surface area (Å²) >= 11 is 0. The third-order valence-corrected chi connectivity index (χ3v) is 1.78. The second-order valence-electron chi connectivity index (χ2n) is 2.75. The molecule has 0 atom stereocenters. The van der Waals surface area contributed by atoms with Crippen molar-refractivity contribution in [1.29, 1.82) is 0 Å². The Morgan fingerprint density at radius 3 is 2.86 bits per heavy atom. The number of aromatic amines is 1. The second-order valence-corrected chi connectivity index (χ2v) is 2.75. The molecule has 3 N–H and O–H groups in total. The molecular weight excluding hydrogens is 178 g/mol. The molecule has 5 nitrogen and oxygen atoms in total. The summed E-state index contributed by atoms with van der Waals surface area (Å²) < 4.78 is 0. The van der Waals surface area contributed by atoms with Gasteiger partial charge in [-0.25, -0.2) is 9.97 Å². The van der Waals surface area contributed by atoms with Crippen LogP contribution in [0.15, 0.2) is 30.7 Å². The van der Waals surface area contributed by atoms with E-state index in [0.717, 1.165) is 17.5 Å².